The monoisotopic (exact) mass is 710 g/mol. The van der Waals surface area contributed by atoms with Crippen molar-refractivity contribution in [3.05, 3.63) is 159 Å². The number of benzene rings is 4. The van der Waals surface area contributed by atoms with E-state index >= 15 is 0 Å². The predicted octanol–water partition coefficient (Wildman–Crippen LogP) is 4.79. The average Bonchev–Trinajstić information content (AvgIpc) is 3.49. The Kier molecular flexibility index (Phi) is 14.1. The van der Waals surface area contributed by atoms with E-state index in [1.165, 1.54) is 88.6 Å². The topological polar surface area (TPSA) is 0 Å². The molecule has 1 aliphatic rings. The van der Waals surface area contributed by atoms with Gasteiger partial charge in [-0.15, -0.1) is 5.56 Å². The van der Waals surface area contributed by atoms with Gasteiger partial charge in [-0.2, -0.15) is 52.1 Å². The zero-order chi connectivity index (χ0) is 31.4. The van der Waals surface area contributed by atoms with Gasteiger partial charge in [-0.25, -0.2) is 6.07 Å². The summed E-state index contributed by atoms with van der Waals surface area (Å²) < 4.78 is 1.42. The van der Waals surface area contributed by atoms with Crippen molar-refractivity contribution in [3.63, 3.8) is 0 Å². The Labute approximate surface area is 300 Å². The summed E-state index contributed by atoms with van der Waals surface area (Å²) in [6, 6.07) is 40.6. The van der Waals surface area contributed by atoms with Gasteiger partial charge in [0.1, 0.15) is 0 Å². The van der Waals surface area contributed by atoms with E-state index in [9.17, 15) is 0 Å². The summed E-state index contributed by atoms with van der Waals surface area (Å²) in [5.41, 5.74) is 15.6. The van der Waals surface area contributed by atoms with Crippen LogP contribution >= 0.6 is 0 Å². The molecule has 0 saturated carbocycles. The van der Waals surface area contributed by atoms with E-state index < -0.39 is 0 Å². The molecule has 0 N–H and O–H groups in total. The molecule has 234 valence electrons. The van der Waals surface area contributed by atoms with Gasteiger partial charge < -0.3 is 24.8 Å². The molecule has 0 unspecified atom stereocenters. The van der Waals surface area contributed by atoms with Crippen molar-refractivity contribution in [1.82, 2.24) is 0 Å². The molecule has 6 rings (SSSR count). The molecule has 0 aliphatic heterocycles. The predicted molar refractivity (Wildman–Crippen MR) is 183 cm³/mol. The van der Waals surface area contributed by atoms with E-state index in [2.05, 4.69) is 172 Å². The van der Waals surface area contributed by atoms with Crippen LogP contribution in [-0.4, -0.2) is 3.21 Å². The molecule has 0 amide bonds. The van der Waals surface area contributed by atoms with Crippen LogP contribution in [-0.2, 0) is 41.5 Å². The first-order chi connectivity index (χ1) is 20.2. The number of fused-ring (bicyclic) bond motifs is 3. The fourth-order valence-electron chi connectivity index (χ4n) is 5.31. The SMILES string of the molecule is CC(C)(C)c1c[c-]c2c(c1)-c1cc(C(C)(C)C)ccc1C2.Cc1cc(C)c(C)[cH-]1.[Cl-].[Cl-].[Zr+2]=[C](c1ccccc1)c1ccccc1. The zero-order valence-electron chi connectivity index (χ0n) is 28.3. The van der Waals surface area contributed by atoms with Crippen molar-refractivity contribution >= 4 is 3.21 Å². The Hall–Kier alpha value is -2.44. The third-order valence-electron chi connectivity index (χ3n) is 8.16. The van der Waals surface area contributed by atoms with Gasteiger partial charge in [-0.1, -0.05) is 97.1 Å². The molecule has 1 aliphatic carbocycles. The molecule has 5 aromatic rings. The van der Waals surface area contributed by atoms with E-state index in [0.29, 0.717) is 0 Å². The summed E-state index contributed by atoms with van der Waals surface area (Å²) in [6.07, 6.45) is 1.03. The molecular formula is C42H46Cl2Zr-2. The minimum atomic E-state index is 0. The van der Waals surface area contributed by atoms with Gasteiger partial charge in [0, 0.05) is 0 Å². The molecule has 0 spiro atoms. The summed E-state index contributed by atoms with van der Waals surface area (Å²) in [6.45, 7) is 20.1. The number of hydrogen-bond acceptors (Lipinski definition) is 0. The van der Waals surface area contributed by atoms with Crippen LogP contribution in [0.2, 0.25) is 0 Å². The summed E-state index contributed by atoms with van der Waals surface area (Å²) in [5, 5.41) is 0. The third-order valence-corrected chi connectivity index (χ3v) is 9.58. The maximum atomic E-state index is 3.53. The zero-order valence-corrected chi connectivity index (χ0v) is 32.2. The number of aryl methyl sites for hydroxylation is 3. The molecular weight excluding hydrogens is 667 g/mol. The number of rotatable bonds is 2. The second kappa shape index (κ2) is 16.4. The van der Waals surface area contributed by atoms with Gasteiger partial charge in [-0.05, 0) is 17.4 Å². The summed E-state index contributed by atoms with van der Waals surface area (Å²) in [7, 11) is 0. The fraction of sp³-hybridized carbons (Fsp3) is 0.286. The van der Waals surface area contributed by atoms with Crippen molar-refractivity contribution in [3.8, 4) is 11.1 Å². The van der Waals surface area contributed by atoms with Gasteiger partial charge in [0.15, 0.2) is 0 Å². The number of halogens is 2. The van der Waals surface area contributed by atoms with Crippen molar-refractivity contribution in [2.24, 2.45) is 0 Å². The van der Waals surface area contributed by atoms with Gasteiger partial charge >= 0.3 is 99.2 Å². The van der Waals surface area contributed by atoms with Crippen LogP contribution in [0.25, 0.3) is 11.1 Å². The van der Waals surface area contributed by atoms with E-state index in [4.69, 9.17) is 0 Å². The first-order valence-electron chi connectivity index (χ1n) is 15.3. The average molecular weight is 713 g/mol. The molecule has 0 atom stereocenters. The molecule has 3 heteroatoms. The molecule has 0 saturated heterocycles. The quantitative estimate of drug-likeness (QED) is 0.227. The summed E-state index contributed by atoms with van der Waals surface area (Å²) >= 11 is 1.46. The van der Waals surface area contributed by atoms with Crippen LogP contribution in [0.5, 0.6) is 0 Å². The van der Waals surface area contributed by atoms with E-state index in [1.807, 2.05) is 0 Å². The van der Waals surface area contributed by atoms with Crippen molar-refractivity contribution in [1.29, 1.82) is 0 Å². The molecule has 0 heterocycles. The van der Waals surface area contributed by atoms with Gasteiger partial charge in [-0.3, -0.25) is 0 Å². The molecule has 5 aromatic carbocycles. The van der Waals surface area contributed by atoms with E-state index in [-0.39, 0.29) is 35.6 Å². The third kappa shape index (κ3) is 10.3. The minimum absolute atomic E-state index is 0. The normalized spacial score (nSPS) is 11.4. The van der Waals surface area contributed by atoms with Gasteiger partial charge in [0.25, 0.3) is 0 Å². The molecule has 0 fully saturated rings. The first kappa shape index (κ1) is 38.7. The van der Waals surface area contributed by atoms with Crippen LogP contribution < -0.4 is 24.8 Å². The Bertz CT molecular complexity index is 1560. The fourth-order valence-corrected chi connectivity index (χ4v) is 6.13. The Morgan fingerprint density at radius 1 is 0.667 bits per heavy atom. The molecule has 0 bridgehead atoms. The second-order valence-corrected chi connectivity index (χ2v) is 15.1. The number of hydrogen-bond donors (Lipinski definition) is 0. The van der Waals surface area contributed by atoms with Crippen LogP contribution in [0.3, 0.4) is 0 Å². The van der Waals surface area contributed by atoms with Gasteiger partial charge in [0.05, 0.1) is 0 Å². The van der Waals surface area contributed by atoms with Crippen LogP contribution in [0, 0.1) is 26.8 Å². The van der Waals surface area contributed by atoms with E-state index in [0.717, 1.165) is 6.42 Å². The van der Waals surface area contributed by atoms with Crippen LogP contribution in [0.4, 0.5) is 0 Å². The van der Waals surface area contributed by atoms with Crippen LogP contribution in [0.1, 0.15) is 91.6 Å². The van der Waals surface area contributed by atoms with Crippen molar-refractivity contribution < 1.29 is 49.0 Å². The van der Waals surface area contributed by atoms with Crippen LogP contribution in [0.15, 0.2) is 103 Å². The Morgan fingerprint density at radius 2 is 1.18 bits per heavy atom. The first-order valence-corrected chi connectivity index (χ1v) is 16.6. The Morgan fingerprint density at radius 3 is 1.60 bits per heavy atom. The van der Waals surface area contributed by atoms with Gasteiger partial charge in [0.2, 0.25) is 0 Å². The summed E-state index contributed by atoms with van der Waals surface area (Å²) in [4.78, 5) is 0. The van der Waals surface area contributed by atoms with Crippen molar-refractivity contribution in [2.45, 2.75) is 79.6 Å². The molecule has 0 aromatic heterocycles. The Balaban J connectivity index is 0.000000254. The molecule has 0 radical (unpaired) electrons. The second-order valence-electron chi connectivity index (χ2n) is 13.8. The maximum absolute atomic E-state index is 3.53. The molecule has 45 heavy (non-hydrogen) atoms. The molecule has 0 nitrogen and oxygen atoms in total. The van der Waals surface area contributed by atoms with E-state index in [1.54, 1.807) is 0 Å². The standard InChI is InChI=1S/C21H25.C13H10.C8H11.2ClH.Zr/c1-20(2,3)16-9-7-14-11-15-8-10-17(21(4,5)6)13-19(15)18(14)12-16;1-3-7-12(8-4-1)11-13-9-5-2-6-10-13;1-6-4-7(2)8(3)5-6;;;/h7,9-10,12-13H,11H2,1-6H3;1-10H;4-5H,1-3H3;2*1H;/q-1;;-1;;;+2/p-2. The summed E-state index contributed by atoms with van der Waals surface area (Å²) in [5.74, 6) is 0. The van der Waals surface area contributed by atoms with Crippen molar-refractivity contribution in [2.75, 3.05) is 0 Å².